The Bertz CT molecular complexity index is 591. The molecule has 1 aromatic carbocycles. The summed E-state index contributed by atoms with van der Waals surface area (Å²) in [6.07, 6.45) is 0. The van der Waals surface area contributed by atoms with Crippen molar-refractivity contribution in [2.24, 2.45) is 0 Å². The number of hydrogen-bond acceptors (Lipinski definition) is 5. The molecule has 6 heteroatoms. The van der Waals surface area contributed by atoms with Gasteiger partial charge >= 0.3 is 6.01 Å². The minimum absolute atomic E-state index is 0.129. The second kappa shape index (κ2) is 6.52. The third-order valence-electron chi connectivity index (χ3n) is 2.72. The summed E-state index contributed by atoms with van der Waals surface area (Å²) >= 11 is 5.94. The van der Waals surface area contributed by atoms with Crippen LogP contribution in [0.3, 0.4) is 0 Å². The standard InChI is InChI=1S/C14H17ClN4O/c1-4-19(11-8-6-7-10(3)9-11)13-16-12(15)17-14(18-13)20-5-2/h6-9H,4-5H2,1-3H3. The van der Waals surface area contributed by atoms with Crippen molar-refractivity contribution in [3.05, 3.63) is 35.1 Å². The highest BCUT2D eigenvalue weighted by atomic mass is 35.5. The van der Waals surface area contributed by atoms with Crippen molar-refractivity contribution in [2.75, 3.05) is 18.1 Å². The summed E-state index contributed by atoms with van der Waals surface area (Å²) in [5.74, 6) is 0.488. The summed E-state index contributed by atoms with van der Waals surface area (Å²) in [7, 11) is 0. The van der Waals surface area contributed by atoms with Gasteiger partial charge in [-0.1, -0.05) is 12.1 Å². The Morgan fingerprint density at radius 3 is 2.65 bits per heavy atom. The van der Waals surface area contributed by atoms with Gasteiger partial charge in [0.2, 0.25) is 11.2 Å². The topological polar surface area (TPSA) is 51.1 Å². The highest BCUT2D eigenvalue weighted by Crippen LogP contribution is 2.24. The predicted molar refractivity (Wildman–Crippen MR) is 79.9 cm³/mol. The van der Waals surface area contributed by atoms with Crippen molar-refractivity contribution in [2.45, 2.75) is 20.8 Å². The largest absolute Gasteiger partial charge is 0.464 e. The van der Waals surface area contributed by atoms with E-state index in [0.717, 1.165) is 12.2 Å². The SMILES string of the molecule is CCOc1nc(Cl)nc(N(CC)c2cccc(C)c2)n1. The van der Waals surface area contributed by atoms with Gasteiger partial charge in [0.15, 0.2) is 0 Å². The van der Waals surface area contributed by atoms with Gasteiger partial charge in [0.1, 0.15) is 0 Å². The number of aryl methyl sites for hydroxylation is 1. The van der Waals surface area contributed by atoms with Gasteiger partial charge in [-0.25, -0.2) is 0 Å². The molecule has 0 saturated carbocycles. The zero-order valence-electron chi connectivity index (χ0n) is 11.8. The van der Waals surface area contributed by atoms with Gasteiger partial charge < -0.3 is 9.64 Å². The first-order valence-electron chi connectivity index (χ1n) is 6.52. The third kappa shape index (κ3) is 3.36. The van der Waals surface area contributed by atoms with Gasteiger partial charge in [0.05, 0.1) is 6.61 Å². The van der Waals surface area contributed by atoms with Gasteiger partial charge in [-0.05, 0) is 50.1 Å². The molecule has 5 nitrogen and oxygen atoms in total. The van der Waals surface area contributed by atoms with Crippen LogP contribution in [0.4, 0.5) is 11.6 Å². The highest BCUT2D eigenvalue weighted by molar-refractivity contribution is 6.28. The number of benzene rings is 1. The Hall–Kier alpha value is -1.88. The van der Waals surface area contributed by atoms with E-state index in [1.807, 2.05) is 43.9 Å². The summed E-state index contributed by atoms with van der Waals surface area (Å²) in [5.41, 5.74) is 2.18. The Morgan fingerprint density at radius 2 is 2.00 bits per heavy atom. The van der Waals surface area contributed by atoms with Crippen LogP contribution in [0.25, 0.3) is 0 Å². The van der Waals surface area contributed by atoms with Crippen LogP contribution in [0.5, 0.6) is 6.01 Å². The lowest BCUT2D eigenvalue weighted by molar-refractivity contribution is 0.311. The van der Waals surface area contributed by atoms with Crippen LogP contribution < -0.4 is 9.64 Å². The number of anilines is 2. The van der Waals surface area contributed by atoms with Crippen LogP contribution in [-0.2, 0) is 0 Å². The molecule has 0 aliphatic heterocycles. The Morgan fingerprint density at radius 1 is 1.20 bits per heavy atom. The average molecular weight is 293 g/mol. The summed E-state index contributed by atoms with van der Waals surface area (Å²) in [6, 6.07) is 8.37. The maximum absolute atomic E-state index is 5.94. The Labute approximate surface area is 123 Å². The maximum Gasteiger partial charge on any atom is 0.322 e. The summed E-state index contributed by atoms with van der Waals surface area (Å²) in [4.78, 5) is 14.4. The van der Waals surface area contributed by atoms with E-state index in [4.69, 9.17) is 16.3 Å². The summed E-state index contributed by atoms with van der Waals surface area (Å²) in [6.45, 7) is 7.14. The number of rotatable bonds is 5. The van der Waals surface area contributed by atoms with E-state index in [9.17, 15) is 0 Å². The number of aromatic nitrogens is 3. The average Bonchev–Trinajstić information content (AvgIpc) is 2.39. The van der Waals surface area contributed by atoms with Crippen LogP contribution in [-0.4, -0.2) is 28.1 Å². The van der Waals surface area contributed by atoms with Crippen LogP contribution in [0.2, 0.25) is 5.28 Å². The highest BCUT2D eigenvalue weighted by Gasteiger charge is 2.14. The molecule has 1 heterocycles. The van der Waals surface area contributed by atoms with Crippen molar-refractivity contribution < 1.29 is 4.74 Å². The van der Waals surface area contributed by atoms with E-state index >= 15 is 0 Å². The van der Waals surface area contributed by atoms with E-state index in [-0.39, 0.29) is 11.3 Å². The summed E-state index contributed by atoms with van der Waals surface area (Å²) < 4.78 is 5.31. The minimum Gasteiger partial charge on any atom is -0.464 e. The van der Waals surface area contributed by atoms with E-state index in [2.05, 4.69) is 21.0 Å². The van der Waals surface area contributed by atoms with E-state index in [0.29, 0.717) is 12.6 Å². The first kappa shape index (κ1) is 14.5. The monoisotopic (exact) mass is 292 g/mol. The molecule has 1 aromatic heterocycles. The lowest BCUT2D eigenvalue weighted by Gasteiger charge is -2.21. The molecule has 0 amide bonds. The molecule has 0 fully saturated rings. The molecule has 0 radical (unpaired) electrons. The molecule has 0 spiro atoms. The Kier molecular flexibility index (Phi) is 4.74. The molecule has 0 N–H and O–H groups in total. The molecule has 0 aliphatic rings. The number of ether oxygens (including phenoxy) is 1. The van der Waals surface area contributed by atoms with E-state index in [1.54, 1.807) is 0 Å². The van der Waals surface area contributed by atoms with Gasteiger partial charge in [-0.3, -0.25) is 0 Å². The zero-order chi connectivity index (χ0) is 14.5. The van der Waals surface area contributed by atoms with Crippen molar-refractivity contribution >= 4 is 23.2 Å². The fraction of sp³-hybridized carbons (Fsp3) is 0.357. The number of hydrogen-bond donors (Lipinski definition) is 0. The quantitative estimate of drug-likeness (QED) is 0.845. The molecule has 0 bridgehead atoms. The number of nitrogens with zero attached hydrogens (tertiary/aromatic N) is 4. The zero-order valence-corrected chi connectivity index (χ0v) is 12.6. The van der Waals surface area contributed by atoms with Crippen molar-refractivity contribution in [3.8, 4) is 6.01 Å². The molecular formula is C14H17ClN4O. The predicted octanol–water partition coefficient (Wildman–Crippen LogP) is 3.39. The number of halogens is 1. The van der Waals surface area contributed by atoms with E-state index in [1.165, 1.54) is 5.56 Å². The molecule has 2 rings (SSSR count). The second-order valence-electron chi connectivity index (χ2n) is 4.20. The van der Waals surface area contributed by atoms with Crippen LogP contribution in [0.1, 0.15) is 19.4 Å². The van der Waals surface area contributed by atoms with Crippen LogP contribution in [0, 0.1) is 6.92 Å². The summed E-state index contributed by atoms with van der Waals surface area (Å²) in [5, 5.41) is 0.129. The van der Waals surface area contributed by atoms with Gasteiger partial charge in [0.25, 0.3) is 0 Å². The van der Waals surface area contributed by atoms with Gasteiger partial charge in [-0.2, -0.15) is 15.0 Å². The Balaban J connectivity index is 2.41. The molecule has 20 heavy (non-hydrogen) atoms. The molecule has 0 saturated heterocycles. The minimum atomic E-state index is 0.129. The van der Waals surface area contributed by atoms with Crippen molar-refractivity contribution in [1.82, 2.24) is 15.0 Å². The van der Waals surface area contributed by atoms with E-state index < -0.39 is 0 Å². The molecule has 2 aromatic rings. The fourth-order valence-corrected chi connectivity index (χ4v) is 2.02. The normalized spacial score (nSPS) is 10.4. The molecule has 0 aliphatic carbocycles. The van der Waals surface area contributed by atoms with Crippen molar-refractivity contribution in [3.63, 3.8) is 0 Å². The second-order valence-corrected chi connectivity index (χ2v) is 4.54. The van der Waals surface area contributed by atoms with Crippen molar-refractivity contribution in [1.29, 1.82) is 0 Å². The van der Waals surface area contributed by atoms with Gasteiger partial charge in [0, 0.05) is 12.2 Å². The third-order valence-corrected chi connectivity index (χ3v) is 2.89. The molecular weight excluding hydrogens is 276 g/mol. The van der Waals surface area contributed by atoms with Crippen LogP contribution in [0.15, 0.2) is 24.3 Å². The molecule has 106 valence electrons. The fourth-order valence-electron chi connectivity index (χ4n) is 1.87. The molecule has 0 atom stereocenters. The lowest BCUT2D eigenvalue weighted by Crippen LogP contribution is -2.19. The first-order valence-corrected chi connectivity index (χ1v) is 6.90. The molecule has 0 unspecified atom stereocenters. The maximum atomic E-state index is 5.94. The van der Waals surface area contributed by atoms with Gasteiger partial charge in [-0.15, -0.1) is 0 Å². The smallest absolute Gasteiger partial charge is 0.322 e. The first-order chi connectivity index (χ1) is 9.63. The van der Waals surface area contributed by atoms with Crippen LogP contribution >= 0.6 is 11.6 Å². The lowest BCUT2D eigenvalue weighted by atomic mass is 10.2.